The van der Waals surface area contributed by atoms with Gasteiger partial charge in [-0.25, -0.2) is 4.39 Å². The molecule has 2 aromatic rings. The summed E-state index contributed by atoms with van der Waals surface area (Å²) < 4.78 is 13.6. The number of hydrogen-bond acceptors (Lipinski definition) is 2. The minimum atomic E-state index is -0.162. The van der Waals surface area contributed by atoms with Crippen LogP contribution in [-0.4, -0.2) is 38.5 Å². The van der Waals surface area contributed by atoms with Gasteiger partial charge in [0.05, 0.1) is 0 Å². The average Bonchev–Trinajstić information content (AvgIpc) is 2.60. The van der Waals surface area contributed by atoms with Gasteiger partial charge < -0.3 is 15.5 Å². The topological polar surface area (TPSA) is 39.7 Å². The number of hydrogen-bond donors (Lipinski definition) is 2. The first-order valence-electron chi connectivity index (χ1n) is 8.49. The van der Waals surface area contributed by atoms with E-state index in [0.717, 1.165) is 12.5 Å². The van der Waals surface area contributed by atoms with E-state index < -0.39 is 0 Å². The lowest BCUT2D eigenvalue weighted by Gasteiger charge is -2.16. The fourth-order valence-electron chi connectivity index (χ4n) is 2.64. The summed E-state index contributed by atoms with van der Waals surface area (Å²) in [6.45, 7) is 2.22. The van der Waals surface area contributed by atoms with Gasteiger partial charge in [0.2, 0.25) is 0 Å². The SMILES string of the molecule is CN=C(NCCc1ccccc1F)NCc1ccccc1CN(C)C.I. The van der Waals surface area contributed by atoms with Crippen molar-refractivity contribution in [3.05, 3.63) is 71.0 Å². The monoisotopic (exact) mass is 470 g/mol. The van der Waals surface area contributed by atoms with Crippen LogP contribution in [0.5, 0.6) is 0 Å². The second-order valence-corrected chi connectivity index (χ2v) is 6.20. The Morgan fingerprint density at radius 2 is 1.58 bits per heavy atom. The largest absolute Gasteiger partial charge is 0.356 e. The predicted molar refractivity (Wildman–Crippen MR) is 118 cm³/mol. The maximum atomic E-state index is 13.6. The van der Waals surface area contributed by atoms with Crippen molar-refractivity contribution in [3.8, 4) is 0 Å². The molecule has 0 atom stereocenters. The quantitative estimate of drug-likeness (QED) is 0.370. The zero-order valence-corrected chi connectivity index (χ0v) is 18.0. The number of nitrogens with one attached hydrogen (secondary N) is 2. The highest BCUT2D eigenvalue weighted by molar-refractivity contribution is 14.0. The Balaban J connectivity index is 0.00000338. The van der Waals surface area contributed by atoms with Gasteiger partial charge in [-0.3, -0.25) is 4.99 Å². The van der Waals surface area contributed by atoms with Crippen molar-refractivity contribution in [2.24, 2.45) is 4.99 Å². The molecule has 0 aliphatic rings. The van der Waals surface area contributed by atoms with Crippen LogP contribution < -0.4 is 10.6 Å². The van der Waals surface area contributed by atoms with Crippen molar-refractivity contribution < 1.29 is 4.39 Å². The van der Waals surface area contributed by atoms with Crippen LogP contribution in [0.1, 0.15) is 16.7 Å². The van der Waals surface area contributed by atoms with E-state index in [1.165, 1.54) is 17.2 Å². The molecule has 0 aliphatic carbocycles. The molecule has 0 radical (unpaired) electrons. The van der Waals surface area contributed by atoms with Crippen molar-refractivity contribution in [2.45, 2.75) is 19.5 Å². The minimum absolute atomic E-state index is 0. The number of aliphatic imine (C=N–C) groups is 1. The van der Waals surface area contributed by atoms with Crippen molar-refractivity contribution in [1.82, 2.24) is 15.5 Å². The summed E-state index contributed by atoms with van der Waals surface area (Å²) in [5.41, 5.74) is 3.25. The van der Waals surface area contributed by atoms with E-state index in [9.17, 15) is 4.39 Å². The van der Waals surface area contributed by atoms with Gasteiger partial charge in [0, 0.05) is 26.7 Å². The Hall–Kier alpha value is -1.67. The number of nitrogens with zero attached hydrogens (tertiary/aromatic N) is 2. The third-order valence-corrected chi connectivity index (χ3v) is 3.92. The van der Waals surface area contributed by atoms with Crippen LogP contribution in [0.15, 0.2) is 53.5 Å². The molecule has 0 aliphatic heterocycles. The van der Waals surface area contributed by atoms with Crippen LogP contribution in [0.2, 0.25) is 0 Å². The van der Waals surface area contributed by atoms with E-state index >= 15 is 0 Å². The number of guanidine groups is 1. The summed E-state index contributed by atoms with van der Waals surface area (Å²) in [5, 5.41) is 6.56. The van der Waals surface area contributed by atoms with Gasteiger partial charge in [0.1, 0.15) is 5.82 Å². The molecule has 0 fully saturated rings. The first kappa shape index (κ1) is 22.4. The Kier molecular flexibility index (Phi) is 10.2. The van der Waals surface area contributed by atoms with Gasteiger partial charge in [-0.1, -0.05) is 42.5 Å². The smallest absolute Gasteiger partial charge is 0.191 e. The second-order valence-electron chi connectivity index (χ2n) is 6.20. The third-order valence-electron chi connectivity index (χ3n) is 3.92. The summed E-state index contributed by atoms with van der Waals surface area (Å²) in [6.07, 6.45) is 0.616. The maximum Gasteiger partial charge on any atom is 0.191 e. The molecule has 6 heteroatoms. The summed E-state index contributed by atoms with van der Waals surface area (Å²) in [5.74, 6) is 0.556. The molecule has 0 spiro atoms. The van der Waals surface area contributed by atoms with Gasteiger partial charge in [-0.15, -0.1) is 24.0 Å². The van der Waals surface area contributed by atoms with E-state index in [0.29, 0.717) is 25.1 Å². The van der Waals surface area contributed by atoms with E-state index in [4.69, 9.17) is 0 Å². The molecule has 0 saturated carbocycles. The van der Waals surface area contributed by atoms with Crippen LogP contribution >= 0.6 is 24.0 Å². The highest BCUT2D eigenvalue weighted by Crippen LogP contribution is 2.10. The lowest BCUT2D eigenvalue weighted by molar-refractivity contribution is 0.400. The molecule has 0 aromatic heterocycles. The molecular weight excluding hydrogens is 442 g/mol. The highest BCUT2D eigenvalue weighted by atomic mass is 127. The van der Waals surface area contributed by atoms with Crippen LogP contribution in [-0.2, 0) is 19.5 Å². The highest BCUT2D eigenvalue weighted by Gasteiger charge is 2.05. The first-order chi connectivity index (χ1) is 12.1. The Morgan fingerprint density at radius 1 is 0.962 bits per heavy atom. The average molecular weight is 470 g/mol. The molecule has 142 valence electrons. The molecule has 2 rings (SSSR count). The summed E-state index contributed by atoms with van der Waals surface area (Å²) in [6, 6.07) is 15.2. The van der Waals surface area contributed by atoms with Crippen LogP contribution in [0.25, 0.3) is 0 Å². The van der Waals surface area contributed by atoms with Gasteiger partial charge in [-0.05, 0) is 43.3 Å². The third kappa shape index (κ3) is 7.29. The molecule has 0 heterocycles. The number of benzene rings is 2. The fraction of sp³-hybridized carbons (Fsp3) is 0.350. The fourth-order valence-corrected chi connectivity index (χ4v) is 2.64. The van der Waals surface area contributed by atoms with Crippen molar-refractivity contribution in [2.75, 3.05) is 27.7 Å². The van der Waals surface area contributed by atoms with Gasteiger partial charge in [-0.2, -0.15) is 0 Å². The zero-order chi connectivity index (χ0) is 18.1. The molecule has 0 saturated heterocycles. The van der Waals surface area contributed by atoms with Gasteiger partial charge in [0.15, 0.2) is 5.96 Å². The summed E-state index contributed by atoms with van der Waals surface area (Å²) >= 11 is 0. The van der Waals surface area contributed by atoms with Crippen LogP contribution in [0.3, 0.4) is 0 Å². The normalized spacial score (nSPS) is 11.2. The van der Waals surface area contributed by atoms with Crippen LogP contribution in [0.4, 0.5) is 4.39 Å². The Bertz CT molecular complexity index is 704. The van der Waals surface area contributed by atoms with E-state index in [1.54, 1.807) is 13.1 Å². The molecule has 2 aromatic carbocycles. The van der Waals surface area contributed by atoms with E-state index in [1.807, 2.05) is 18.2 Å². The molecule has 2 N–H and O–H groups in total. The second kappa shape index (κ2) is 11.9. The maximum absolute atomic E-state index is 13.6. The lowest BCUT2D eigenvalue weighted by Crippen LogP contribution is -2.38. The molecular formula is C20H28FIN4. The Labute approximate surface area is 172 Å². The lowest BCUT2D eigenvalue weighted by atomic mass is 10.1. The van der Waals surface area contributed by atoms with Gasteiger partial charge in [0.25, 0.3) is 0 Å². The molecule has 0 unspecified atom stereocenters. The molecule has 0 bridgehead atoms. The molecule has 26 heavy (non-hydrogen) atoms. The predicted octanol–water partition coefficient (Wildman–Crippen LogP) is 3.41. The standard InChI is InChI=1S/C20H27FN4.HI/c1-22-20(23-13-12-16-8-6-7-11-19(16)21)24-14-17-9-4-5-10-18(17)15-25(2)3;/h4-11H,12-15H2,1-3H3,(H2,22,23,24);1H. The van der Waals surface area contributed by atoms with Gasteiger partial charge >= 0.3 is 0 Å². The molecule has 4 nitrogen and oxygen atoms in total. The van der Waals surface area contributed by atoms with Crippen molar-refractivity contribution in [3.63, 3.8) is 0 Å². The zero-order valence-electron chi connectivity index (χ0n) is 15.6. The van der Waals surface area contributed by atoms with Crippen molar-refractivity contribution in [1.29, 1.82) is 0 Å². The summed E-state index contributed by atoms with van der Waals surface area (Å²) in [7, 11) is 5.87. The summed E-state index contributed by atoms with van der Waals surface area (Å²) in [4.78, 5) is 6.39. The molecule has 0 amide bonds. The van der Waals surface area contributed by atoms with E-state index in [-0.39, 0.29) is 29.8 Å². The minimum Gasteiger partial charge on any atom is -0.356 e. The van der Waals surface area contributed by atoms with E-state index in [2.05, 4.69) is 52.8 Å². The van der Waals surface area contributed by atoms with Crippen LogP contribution in [0, 0.1) is 5.82 Å². The van der Waals surface area contributed by atoms with Crippen molar-refractivity contribution >= 4 is 29.9 Å². The Morgan fingerprint density at radius 3 is 2.19 bits per heavy atom. The number of rotatable bonds is 7. The number of halogens is 2. The first-order valence-corrected chi connectivity index (χ1v) is 8.49.